The van der Waals surface area contributed by atoms with Gasteiger partial charge in [-0.1, -0.05) is 116 Å². The number of aryl methyl sites for hydroxylation is 2. The van der Waals surface area contributed by atoms with E-state index < -0.39 is 0 Å². The second-order valence-corrected chi connectivity index (χ2v) is 7.61. The third-order valence-electron chi connectivity index (χ3n) is 5.60. The minimum atomic E-state index is 1.14. The van der Waals surface area contributed by atoms with E-state index in [9.17, 15) is 0 Å². The predicted molar refractivity (Wildman–Crippen MR) is 125 cm³/mol. The van der Waals surface area contributed by atoms with Gasteiger partial charge in [-0.3, -0.25) is 0 Å². The number of rotatable bonds is 8. The van der Waals surface area contributed by atoms with E-state index in [-0.39, 0.29) is 0 Å². The van der Waals surface area contributed by atoms with Gasteiger partial charge in [0.2, 0.25) is 0 Å². The molecule has 4 aromatic carbocycles. The Hall–Kier alpha value is -3.12. The Bertz CT molecular complexity index is 931. The average molecular weight is 377 g/mol. The van der Waals surface area contributed by atoms with Crippen LogP contribution in [0.5, 0.6) is 0 Å². The van der Waals surface area contributed by atoms with E-state index in [1.54, 1.807) is 0 Å². The molecule has 0 heteroatoms. The molecule has 0 aromatic heterocycles. The lowest BCUT2D eigenvalue weighted by molar-refractivity contribution is 0.679. The van der Waals surface area contributed by atoms with Crippen LogP contribution in [-0.4, -0.2) is 0 Å². The van der Waals surface area contributed by atoms with E-state index in [1.165, 1.54) is 52.6 Å². The van der Waals surface area contributed by atoms with Gasteiger partial charge in [-0.15, -0.1) is 0 Å². The molecular weight excluding hydrogens is 348 g/mol. The van der Waals surface area contributed by atoms with Crippen LogP contribution < -0.4 is 0 Å². The highest BCUT2D eigenvalue weighted by Gasteiger charge is 2.06. The van der Waals surface area contributed by atoms with Crippen molar-refractivity contribution in [2.45, 2.75) is 32.1 Å². The summed E-state index contributed by atoms with van der Waals surface area (Å²) in [6.45, 7) is 0. The topological polar surface area (TPSA) is 0 Å². The highest BCUT2D eigenvalue weighted by Crippen LogP contribution is 2.26. The van der Waals surface area contributed by atoms with Gasteiger partial charge in [0.25, 0.3) is 0 Å². The summed E-state index contributed by atoms with van der Waals surface area (Å²) in [4.78, 5) is 0. The Morgan fingerprint density at radius 1 is 0.345 bits per heavy atom. The van der Waals surface area contributed by atoms with Gasteiger partial charge in [0.05, 0.1) is 0 Å². The van der Waals surface area contributed by atoms with Crippen molar-refractivity contribution in [1.82, 2.24) is 0 Å². The van der Waals surface area contributed by atoms with Crippen molar-refractivity contribution in [2.24, 2.45) is 0 Å². The molecule has 0 saturated heterocycles. The Kier molecular flexibility index (Phi) is 6.55. The van der Waals surface area contributed by atoms with Crippen molar-refractivity contribution in [3.05, 3.63) is 120 Å². The first-order valence-corrected chi connectivity index (χ1v) is 10.7. The standard InChI is InChI=1S/C29H28/c1-4-14-24(15-5-1)28-22-12-10-20-26(28)18-8-3-9-19-27-21-11-13-23-29(27)25-16-6-2-7-17-25/h1-2,4-7,10-17,20-23H,3,8-9,18-19H2. The molecule has 0 unspecified atom stereocenters. The molecule has 0 aliphatic carbocycles. The van der Waals surface area contributed by atoms with Crippen LogP contribution >= 0.6 is 0 Å². The third-order valence-corrected chi connectivity index (χ3v) is 5.60. The largest absolute Gasteiger partial charge is 0.0622 e. The molecule has 0 atom stereocenters. The Morgan fingerprint density at radius 3 is 1.17 bits per heavy atom. The number of benzene rings is 4. The van der Waals surface area contributed by atoms with Crippen molar-refractivity contribution >= 4 is 0 Å². The van der Waals surface area contributed by atoms with Gasteiger partial charge in [-0.2, -0.15) is 0 Å². The zero-order chi connectivity index (χ0) is 19.7. The summed E-state index contributed by atoms with van der Waals surface area (Å²) in [5.74, 6) is 0. The summed E-state index contributed by atoms with van der Waals surface area (Å²) < 4.78 is 0. The normalized spacial score (nSPS) is 10.8. The monoisotopic (exact) mass is 376 g/mol. The lowest BCUT2D eigenvalue weighted by atomic mass is 9.94. The maximum absolute atomic E-state index is 2.28. The molecular formula is C29H28. The fourth-order valence-corrected chi connectivity index (χ4v) is 4.08. The molecule has 0 radical (unpaired) electrons. The minimum absolute atomic E-state index is 1.14. The Labute approximate surface area is 174 Å². The maximum Gasteiger partial charge on any atom is -0.0152 e. The Morgan fingerprint density at radius 2 is 0.724 bits per heavy atom. The third kappa shape index (κ3) is 5.03. The quantitative estimate of drug-likeness (QED) is 0.273. The SMILES string of the molecule is c1ccc(-c2ccccc2CCCCCc2ccccc2-c2ccccc2)cc1. The van der Waals surface area contributed by atoms with E-state index in [4.69, 9.17) is 0 Å². The number of hydrogen-bond donors (Lipinski definition) is 0. The molecule has 0 nitrogen and oxygen atoms in total. The average Bonchev–Trinajstić information content (AvgIpc) is 2.80. The van der Waals surface area contributed by atoms with E-state index in [1.807, 2.05) is 0 Å². The lowest BCUT2D eigenvalue weighted by Crippen LogP contribution is -1.93. The van der Waals surface area contributed by atoms with Crippen molar-refractivity contribution in [2.75, 3.05) is 0 Å². The first-order chi connectivity index (χ1) is 14.4. The molecule has 4 rings (SSSR count). The Balaban J connectivity index is 1.34. The van der Waals surface area contributed by atoms with Gasteiger partial charge < -0.3 is 0 Å². The van der Waals surface area contributed by atoms with Crippen molar-refractivity contribution in [1.29, 1.82) is 0 Å². The number of hydrogen-bond acceptors (Lipinski definition) is 0. The molecule has 0 saturated carbocycles. The summed E-state index contributed by atoms with van der Waals surface area (Å²) in [6.07, 6.45) is 6.01. The first kappa shape index (κ1) is 19.2. The molecule has 0 N–H and O–H groups in total. The second kappa shape index (κ2) is 9.89. The van der Waals surface area contributed by atoms with Crippen molar-refractivity contribution < 1.29 is 0 Å². The summed E-state index contributed by atoms with van der Waals surface area (Å²) >= 11 is 0. The van der Waals surface area contributed by atoms with Crippen molar-refractivity contribution in [3.63, 3.8) is 0 Å². The van der Waals surface area contributed by atoms with Crippen LogP contribution in [0.3, 0.4) is 0 Å². The molecule has 0 bridgehead atoms. The zero-order valence-corrected chi connectivity index (χ0v) is 16.9. The van der Waals surface area contributed by atoms with Crippen LogP contribution in [0.4, 0.5) is 0 Å². The molecule has 0 spiro atoms. The van der Waals surface area contributed by atoms with Gasteiger partial charge >= 0.3 is 0 Å². The highest BCUT2D eigenvalue weighted by molar-refractivity contribution is 5.68. The van der Waals surface area contributed by atoms with Gasteiger partial charge in [-0.25, -0.2) is 0 Å². The van der Waals surface area contributed by atoms with Crippen LogP contribution in [0.1, 0.15) is 30.4 Å². The molecule has 144 valence electrons. The molecule has 0 aliphatic rings. The summed E-state index contributed by atoms with van der Waals surface area (Å²) in [5, 5.41) is 0. The summed E-state index contributed by atoms with van der Waals surface area (Å²) in [5.41, 5.74) is 8.32. The van der Waals surface area contributed by atoms with Crippen LogP contribution in [0.2, 0.25) is 0 Å². The smallest absolute Gasteiger partial charge is 0.0152 e. The van der Waals surface area contributed by atoms with Gasteiger partial charge in [-0.05, 0) is 59.1 Å². The van der Waals surface area contributed by atoms with Crippen LogP contribution in [0, 0.1) is 0 Å². The highest BCUT2D eigenvalue weighted by atomic mass is 14.1. The van der Waals surface area contributed by atoms with Gasteiger partial charge in [0.1, 0.15) is 0 Å². The van der Waals surface area contributed by atoms with E-state index in [0.717, 1.165) is 12.8 Å². The van der Waals surface area contributed by atoms with E-state index >= 15 is 0 Å². The first-order valence-electron chi connectivity index (χ1n) is 10.7. The van der Waals surface area contributed by atoms with Crippen LogP contribution in [0.25, 0.3) is 22.3 Å². The summed E-state index contributed by atoms with van der Waals surface area (Å²) in [6, 6.07) is 39.2. The maximum atomic E-state index is 2.28. The van der Waals surface area contributed by atoms with Crippen LogP contribution in [-0.2, 0) is 12.8 Å². The van der Waals surface area contributed by atoms with Gasteiger partial charge in [0.15, 0.2) is 0 Å². The fourth-order valence-electron chi connectivity index (χ4n) is 4.08. The predicted octanol–water partition coefficient (Wildman–Crippen LogP) is 7.98. The zero-order valence-electron chi connectivity index (χ0n) is 16.9. The molecule has 0 fully saturated rings. The minimum Gasteiger partial charge on any atom is -0.0622 e. The lowest BCUT2D eigenvalue weighted by Gasteiger charge is -2.11. The summed E-state index contributed by atoms with van der Waals surface area (Å²) in [7, 11) is 0. The molecule has 29 heavy (non-hydrogen) atoms. The molecule has 0 amide bonds. The second-order valence-electron chi connectivity index (χ2n) is 7.61. The molecule has 4 aromatic rings. The molecule has 0 aliphatic heterocycles. The van der Waals surface area contributed by atoms with Crippen LogP contribution in [0.15, 0.2) is 109 Å². The van der Waals surface area contributed by atoms with Gasteiger partial charge in [0, 0.05) is 0 Å². The van der Waals surface area contributed by atoms with Crippen molar-refractivity contribution in [3.8, 4) is 22.3 Å². The van der Waals surface area contributed by atoms with E-state index in [2.05, 4.69) is 109 Å². The molecule has 0 heterocycles. The van der Waals surface area contributed by atoms with E-state index in [0.29, 0.717) is 0 Å². The number of unbranched alkanes of at least 4 members (excludes halogenated alkanes) is 2. The fraction of sp³-hybridized carbons (Fsp3) is 0.172.